The minimum Gasteiger partial charge on any atom is -0.490 e. The van der Waals surface area contributed by atoms with Crippen LogP contribution in [-0.2, 0) is 6.42 Å². The van der Waals surface area contributed by atoms with Gasteiger partial charge in [0, 0.05) is 9.65 Å². The molecule has 0 saturated heterocycles. The highest BCUT2D eigenvalue weighted by atomic mass is 79.9. The van der Waals surface area contributed by atoms with Crippen molar-refractivity contribution < 1.29 is 9.47 Å². The van der Waals surface area contributed by atoms with E-state index in [1.54, 1.807) is 0 Å². The predicted molar refractivity (Wildman–Crippen MR) is 160 cm³/mol. The highest BCUT2D eigenvalue weighted by Crippen LogP contribution is 2.38. The van der Waals surface area contributed by atoms with Crippen LogP contribution in [0.1, 0.15) is 25.0 Å². The summed E-state index contributed by atoms with van der Waals surface area (Å²) in [5.41, 5.74) is 2.33. The Labute approximate surface area is 251 Å². The van der Waals surface area contributed by atoms with Crippen molar-refractivity contribution in [2.24, 2.45) is 0 Å². The Hall–Kier alpha value is 1.88. The van der Waals surface area contributed by atoms with E-state index in [1.165, 1.54) is 0 Å². The first-order valence-electron chi connectivity index (χ1n) is 9.27. The molecule has 2 aromatic carbocycles. The van der Waals surface area contributed by atoms with E-state index in [-0.39, 0.29) is 9.65 Å². The molecule has 0 aliphatic rings. The average molecular weight is 944 g/mol. The van der Waals surface area contributed by atoms with Crippen molar-refractivity contribution in [1.29, 1.82) is 0 Å². The van der Waals surface area contributed by atoms with Crippen LogP contribution in [0.5, 0.6) is 11.5 Å². The lowest BCUT2D eigenvalue weighted by Gasteiger charge is -2.17. The van der Waals surface area contributed by atoms with Crippen molar-refractivity contribution in [2.45, 2.75) is 39.6 Å². The molecule has 0 spiro atoms. The summed E-state index contributed by atoms with van der Waals surface area (Å²) in [4.78, 5) is 1.07. The van der Waals surface area contributed by atoms with Crippen LogP contribution < -0.4 is 9.47 Å². The number of hydrogen-bond acceptors (Lipinski definition) is 2. The van der Waals surface area contributed by atoms with Crippen molar-refractivity contribution in [3.8, 4) is 11.5 Å². The predicted octanol–water partition coefficient (Wildman–Crippen LogP) is 10.2. The second-order valence-electron chi connectivity index (χ2n) is 6.96. The first-order valence-corrected chi connectivity index (χ1v) is 16.1. The van der Waals surface area contributed by atoms with Crippen LogP contribution in [0.2, 0.25) is 0 Å². The van der Waals surface area contributed by atoms with Gasteiger partial charge in [0.25, 0.3) is 0 Å². The standard InChI is InChI=1S/C21H20Br8O2/c1-10(22)18(28)8-30-20-14(24)4-12(5-15(20)25)3-13-6-16(26)21(17(27)7-13)31-9-19(29)11(2)23/h4-7,10-11,18-19H,3,8-9H2,1-2H3. The third-order valence-electron chi connectivity index (χ3n) is 4.29. The minimum absolute atomic E-state index is 0.221. The molecule has 4 atom stereocenters. The van der Waals surface area contributed by atoms with Gasteiger partial charge in [0.05, 0.1) is 27.5 Å². The number of hydrogen-bond donors (Lipinski definition) is 0. The zero-order valence-electron chi connectivity index (χ0n) is 16.6. The largest absolute Gasteiger partial charge is 0.490 e. The van der Waals surface area contributed by atoms with Gasteiger partial charge in [-0.05, 0) is 106 Å². The summed E-state index contributed by atoms with van der Waals surface area (Å²) >= 11 is 29.0. The third-order valence-corrected chi connectivity index (χ3v) is 11.5. The molecule has 0 heterocycles. The van der Waals surface area contributed by atoms with Gasteiger partial charge in [0.15, 0.2) is 0 Å². The fourth-order valence-corrected chi connectivity index (χ4v) is 6.12. The molecule has 0 fully saturated rings. The van der Waals surface area contributed by atoms with Crippen LogP contribution in [-0.4, -0.2) is 32.5 Å². The number of alkyl halides is 4. The molecule has 0 aliphatic heterocycles. The van der Waals surface area contributed by atoms with Crippen molar-refractivity contribution in [3.05, 3.63) is 53.3 Å². The summed E-state index contributed by atoms with van der Waals surface area (Å²) in [7, 11) is 0. The van der Waals surface area contributed by atoms with Crippen LogP contribution in [0.25, 0.3) is 0 Å². The summed E-state index contributed by atoms with van der Waals surface area (Å²) in [5, 5.41) is 0. The van der Waals surface area contributed by atoms with Gasteiger partial charge in [-0.1, -0.05) is 77.6 Å². The summed E-state index contributed by atoms with van der Waals surface area (Å²) in [6, 6.07) is 8.39. The zero-order chi connectivity index (χ0) is 23.3. The lowest BCUT2D eigenvalue weighted by molar-refractivity contribution is 0.315. The van der Waals surface area contributed by atoms with E-state index in [2.05, 4.69) is 166 Å². The molecule has 172 valence electrons. The van der Waals surface area contributed by atoms with Gasteiger partial charge in [-0.25, -0.2) is 0 Å². The van der Waals surface area contributed by atoms with Crippen molar-refractivity contribution >= 4 is 127 Å². The molecule has 2 aromatic rings. The zero-order valence-corrected chi connectivity index (χ0v) is 29.3. The van der Waals surface area contributed by atoms with E-state index in [4.69, 9.17) is 9.47 Å². The van der Waals surface area contributed by atoms with Crippen LogP contribution in [0, 0.1) is 0 Å². The van der Waals surface area contributed by atoms with Gasteiger partial charge in [0.2, 0.25) is 0 Å². The maximum Gasteiger partial charge on any atom is 0.147 e. The molecule has 0 aliphatic carbocycles. The lowest BCUT2D eigenvalue weighted by atomic mass is 10.0. The molecule has 10 heteroatoms. The first-order chi connectivity index (χ1) is 14.5. The fourth-order valence-electron chi connectivity index (χ4n) is 2.53. The molecule has 4 unspecified atom stereocenters. The van der Waals surface area contributed by atoms with Gasteiger partial charge >= 0.3 is 0 Å². The van der Waals surface area contributed by atoms with E-state index in [1.807, 2.05) is 0 Å². The Balaban J connectivity index is 2.13. The van der Waals surface area contributed by atoms with Gasteiger partial charge in [0.1, 0.15) is 24.7 Å². The number of rotatable bonds is 10. The minimum atomic E-state index is 0.221. The van der Waals surface area contributed by atoms with E-state index in [0.29, 0.717) is 22.9 Å². The molecule has 0 bridgehead atoms. The number of ether oxygens (including phenoxy) is 2. The lowest BCUT2D eigenvalue weighted by Crippen LogP contribution is -2.19. The van der Waals surface area contributed by atoms with Gasteiger partial charge in [-0.3, -0.25) is 0 Å². The fraction of sp³-hybridized carbons (Fsp3) is 0.429. The molecule has 31 heavy (non-hydrogen) atoms. The van der Waals surface area contributed by atoms with Crippen molar-refractivity contribution in [3.63, 3.8) is 0 Å². The number of benzene rings is 2. The second kappa shape index (κ2) is 13.8. The van der Waals surface area contributed by atoms with Crippen molar-refractivity contribution in [1.82, 2.24) is 0 Å². The van der Waals surface area contributed by atoms with E-state index in [9.17, 15) is 0 Å². The van der Waals surface area contributed by atoms with E-state index in [0.717, 1.165) is 46.9 Å². The Bertz CT molecular complexity index is 770. The topological polar surface area (TPSA) is 18.5 Å². The molecule has 0 N–H and O–H groups in total. The highest BCUT2D eigenvalue weighted by Gasteiger charge is 2.17. The Morgan fingerprint density at radius 1 is 0.613 bits per heavy atom. The molecule has 0 radical (unpaired) electrons. The first kappa shape index (κ1) is 29.1. The van der Waals surface area contributed by atoms with Gasteiger partial charge in [-0.15, -0.1) is 0 Å². The smallest absolute Gasteiger partial charge is 0.147 e. The molecule has 0 saturated carbocycles. The SMILES string of the molecule is CC(Br)C(Br)COc1c(Br)cc(Cc2cc(Br)c(OCC(Br)C(C)Br)c(Br)c2)cc1Br. The quantitative estimate of drug-likeness (QED) is 0.221. The van der Waals surface area contributed by atoms with Gasteiger partial charge < -0.3 is 9.47 Å². The summed E-state index contributed by atoms with van der Waals surface area (Å²) < 4.78 is 15.7. The van der Waals surface area contributed by atoms with E-state index < -0.39 is 0 Å². The van der Waals surface area contributed by atoms with Gasteiger partial charge in [-0.2, -0.15) is 0 Å². The molecule has 0 aromatic heterocycles. The van der Waals surface area contributed by atoms with Crippen LogP contribution >= 0.6 is 127 Å². The maximum atomic E-state index is 6.00. The van der Waals surface area contributed by atoms with Crippen molar-refractivity contribution in [2.75, 3.05) is 13.2 Å². The Kier molecular flexibility index (Phi) is 13.0. The maximum absolute atomic E-state index is 6.00. The molecular formula is C21H20Br8O2. The molecular weight excluding hydrogens is 923 g/mol. The molecule has 2 rings (SSSR count). The summed E-state index contributed by atoms with van der Waals surface area (Å²) in [6.07, 6.45) is 0.772. The third kappa shape index (κ3) is 9.12. The number of halogens is 8. The molecule has 2 nitrogen and oxygen atoms in total. The summed E-state index contributed by atoms with van der Waals surface area (Å²) in [5.74, 6) is 1.61. The highest BCUT2D eigenvalue weighted by molar-refractivity contribution is 9.13. The van der Waals surface area contributed by atoms with Crippen LogP contribution in [0.4, 0.5) is 0 Å². The summed E-state index contributed by atoms with van der Waals surface area (Å²) in [6.45, 7) is 5.30. The van der Waals surface area contributed by atoms with Crippen LogP contribution in [0.3, 0.4) is 0 Å². The monoisotopic (exact) mass is 935 g/mol. The van der Waals surface area contributed by atoms with Crippen LogP contribution in [0.15, 0.2) is 42.2 Å². The van der Waals surface area contributed by atoms with E-state index >= 15 is 0 Å². The normalized spacial score (nSPS) is 15.3. The average Bonchev–Trinajstić information content (AvgIpc) is 2.66. The Morgan fingerprint density at radius 2 is 0.903 bits per heavy atom. The second-order valence-corrected chi connectivity index (χ2v) is 15.6. The molecule has 0 amide bonds. The Morgan fingerprint density at radius 3 is 1.16 bits per heavy atom.